The van der Waals surface area contributed by atoms with Gasteiger partial charge in [0, 0.05) is 0 Å². The Morgan fingerprint density at radius 3 is 2.48 bits per heavy atom. The third-order valence-electron chi connectivity index (χ3n) is 3.44. The molecule has 0 unspecified atom stereocenters. The van der Waals surface area contributed by atoms with Gasteiger partial charge in [0.2, 0.25) is 0 Å². The zero-order chi connectivity index (χ0) is 15.6. The molecule has 0 radical (unpaired) electrons. The van der Waals surface area contributed by atoms with Crippen molar-refractivity contribution in [2.45, 2.75) is 24.2 Å². The Morgan fingerprint density at radius 1 is 1.24 bits per heavy atom. The van der Waals surface area contributed by atoms with Crippen LogP contribution in [0.25, 0.3) is 16.1 Å². The summed E-state index contributed by atoms with van der Waals surface area (Å²) in [4.78, 5) is 8.09. The molecule has 2 aromatic rings. The van der Waals surface area contributed by atoms with E-state index in [4.69, 9.17) is 11.8 Å². The molecule has 0 amide bonds. The Balaban J connectivity index is 2.57. The number of nitrogens with zero attached hydrogens (tertiary/aromatic N) is 3. The second-order valence-electron chi connectivity index (χ2n) is 6.09. The first-order valence-corrected chi connectivity index (χ1v) is 14.1. The molecule has 0 aliphatic rings. The van der Waals surface area contributed by atoms with Crippen molar-refractivity contribution in [3.8, 4) is 17.3 Å². The summed E-state index contributed by atoms with van der Waals surface area (Å²) in [6, 6.07) is 9.29. The number of aromatic nitrogens is 1. The quantitative estimate of drug-likeness (QED) is 0.614. The Labute approximate surface area is 128 Å². The number of benzene rings is 1. The summed E-state index contributed by atoms with van der Waals surface area (Å²) in [5.74, 6) is 7.03. The third kappa shape index (κ3) is 3.15. The SMILES string of the molecule is [C-]#[N+]c1cc(C#N)ccc1-c1cc(C)[c]([Ge]([CH3])([CH3])[CH3])cn1. The van der Waals surface area contributed by atoms with Crippen molar-refractivity contribution in [3.05, 3.63) is 53.0 Å². The molecule has 3 nitrogen and oxygen atoms in total. The molecule has 0 aliphatic carbocycles. The van der Waals surface area contributed by atoms with Gasteiger partial charge in [0.05, 0.1) is 0 Å². The predicted molar refractivity (Wildman–Crippen MR) is 88.4 cm³/mol. The Morgan fingerprint density at radius 2 is 1.95 bits per heavy atom. The van der Waals surface area contributed by atoms with E-state index in [2.05, 4.69) is 46.2 Å². The number of nitriles is 1. The maximum atomic E-state index is 8.93. The van der Waals surface area contributed by atoms with Crippen LogP contribution in [0.4, 0.5) is 5.69 Å². The van der Waals surface area contributed by atoms with E-state index < -0.39 is 13.3 Å². The molecule has 0 saturated carbocycles. The van der Waals surface area contributed by atoms with E-state index in [1.165, 1.54) is 9.96 Å². The molecule has 1 aromatic carbocycles. The van der Waals surface area contributed by atoms with Gasteiger partial charge in [0.1, 0.15) is 0 Å². The number of hydrogen-bond donors (Lipinski definition) is 0. The monoisotopic (exact) mass is 337 g/mol. The summed E-state index contributed by atoms with van der Waals surface area (Å²) < 4.78 is 1.39. The molecular formula is C17H17GeN3. The van der Waals surface area contributed by atoms with Crippen molar-refractivity contribution in [2.24, 2.45) is 0 Å². The summed E-state index contributed by atoms with van der Waals surface area (Å²) in [7, 11) is 0. The minimum absolute atomic E-state index is 0.478. The first-order valence-electron chi connectivity index (χ1n) is 6.76. The van der Waals surface area contributed by atoms with E-state index in [1.807, 2.05) is 12.3 Å². The average molecular weight is 336 g/mol. The number of hydrogen-bond acceptors (Lipinski definition) is 2. The van der Waals surface area contributed by atoms with Crippen LogP contribution in [0.3, 0.4) is 0 Å². The molecule has 21 heavy (non-hydrogen) atoms. The van der Waals surface area contributed by atoms with Crippen molar-refractivity contribution in [3.63, 3.8) is 0 Å². The Kier molecular flexibility index (Phi) is 4.16. The van der Waals surface area contributed by atoms with Crippen LogP contribution < -0.4 is 4.40 Å². The molecule has 104 valence electrons. The summed E-state index contributed by atoms with van der Waals surface area (Å²) in [6.45, 7) is 9.41. The molecule has 4 heteroatoms. The van der Waals surface area contributed by atoms with Gasteiger partial charge in [0.15, 0.2) is 0 Å². The molecule has 0 saturated heterocycles. The van der Waals surface area contributed by atoms with Crippen LogP contribution in [0.15, 0.2) is 30.5 Å². The summed E-state index contributed by atoms with van der Waals surface area (Å²) in [6.07, 6.45) is 1.97. The van der Waals surface area contributed by atoms with Crippen LogP contribution >= 0.6 is 0 Å². The van der Waals surface area contributed by atoms with E-state index >= 15 is 0 Å². The fraction of sp³-hybridized carbons (Fsp3) is 0.235. The van der Waals surface area contributed by atoms with Crippen LogP contribution in [0.5, 0.6) is 0 Å². The van der Waals surface area contributed by atoms with Crippen molar-refractivity contribution >= 4 is 23.3 Å². The number of rotatable bonds is 2. The van der Waals surface area contributed by atoms with Crippen LogP contribution in [-0.2, 0) is 0 Å². The van der Waals surface area contributed by atoms with E-state index in [9.17, 15) is 0 Å². The van der Waals surface area contributed by atoms with E-state index in [0.29, 0.717) is 11.3 Å². The predicted octanol–water partition coefficient (Wildman–Crippen LogP) is 4.02. The second-order valence-corrected chi connectivity index (χ2v) is 16.7. The second kappa shape index (κ2) is 5.71. The van der Waals surface area contributed by atoms with Crippen molar-refractivity contribution in [2.75, 3.05) is 0 Å². The van der Waals surface area contributed by atoms with Gasteiger partial charge in [-0.1, -0.05) is 0 Å². The third-order valence-corrected chi connectivity index (χ3v) is 7.93. The maximum absolute atomic E-state index is 8.93. The van der Waals surface area contributed by atoms with Crippen LogP contribution in [0.1, 0.15) is 11.1 Å². The molecule has 0 atom stereocenters. The Bertz CT molecular complexity index is 774. The first kappa shape index (κ1) is 15.3. The van der Waals surface area contributed by atoms with Gasteiger partial charge < -0.3 is 0 Å². The van der Waals surface area contributed by atoms with Crippen molar-refractivity contribution < 1.29 is 0 Å². The molecule has 0 bridgehead atoms. The van der Waals surface area contributed by atoms with Crippen molar-refractivity contribution in [1.82, 2.24) is 4.98 Å². The number of pyridine rings is 1. The van der Waals surface area contributed by atoms with Gasteiger partial charge >= 0.3 is 128 Å². The number of aryl methyl sites for hydroxylation is 1. The fourth-order valence-electron chi connectivity index (χ4n) is 2.40. The van der Waals surface area contributed by atoms with Gasteiger partial charge in [-0.3, -0.25) is 0 Å². The molecule has 0 fully saturated rings. The molecule has 1 aromatic heterocycles. The van der Waals surface area contributed by atoms with E-state index in [0.717, 1.165) is 11.3 Å². The molecule has 0 N–H and O–H groups in total. The van der Waals surface area contributed by atoms with Crippen molar-refractivity contribution in [1.29, 1.82) is 5.26 Å². The zero-order valence-electron chi connectivity index (χ0n) is 12.7. The van der Waals surface area contributed by atoms with E-state index in [-0.39, 0.29) is 0 Å². The standard InChI is InChI=1S/C17H17GeN3/c1-12-8-17(21-11-15(12)18(2,3)4)14-7-6-13(10-19)9-16(14)20-5/h6-9,11H,1-4H3. The fourth-order valence-corrected chi connectivity index (χ4v) is 5.98. The average Bonchev–Trinajstić information content (AvgIpc) is 2.45. The van der Waals surface area contributed by atoms with Gasteiger partial charge in [-0.05, 0) is 0 Å². The summed E-state index contributed by atoms with van der Waals surface area (Å²) >= 11 is -1.91. The summed E-state index contributed by atoms with van der Waals surface area (Å²) in [5.41, 5.74) is 3.82. The minimum atomic E-state index is -1.91. The van der Waals surface area contributed by atoms with Crippen LogP contribution in [-0.4, -0.2) is 18.3 Å². The molecule has 2 rings (SSSR count). The van der Waals surface area contributed by atoms with Gasteiger partial charge in [-0.15, -0.1) is 0 Å². The topological polar surface area (TPSA) is 41.0 Å². The first-order chi connectivity index (χ1) is 9.86. The van der Waals surface area contributed by atoms with Gasteiger partial charge in [0.25, 0.3) is 0 Å². The zero-order valence-corrected chi connectivity index (χ0v) is 14.8. The van der Waals surface area contributed by atoms with Gasteiger partial charge in [-0.25, -0.2) is 0 Å². The molecule has 0 aliphatic heterocycles. The van der Waals surface area contributed by atoms with Gasteiger partial charge in [-0.2, -0.15) is 0 Å². The van der Waals surface area contributed by atoms with Crippen LogP contribution in [0, 0.1) is 24.8 Å². The molecule has 1 heterocycles. The molecular weight excluding hydrogens is 319 g/mol. The molecule has 0 spiro atoms. The van der Waals surface area contributed by atoms with Crippen LogP contribution in [0.2, 0.25) is 17.3 Å². The normalized spacial score (nSPS) is 10.8. The summed E-state index contributed by atoms with van der Waals surface area (Å²) in [5, 5.41) is 8.93. The van der Waals surface area contributed by atoms with E-state index in [1.54, 1.807) is 12.1 Å². The Hall–Kier alpha value is -2.11.